The van der Waals surface area contributed by atoms with Gasteiger partial charge in [-0.15, -0.1) is 0 Å². The van der Waals surface area contributed by atoms with Crippen molar-refractivity contribution < 1.29 is 14.1 Å². The topological polar surface area (TPSA) is 90.4 Å². The van der Waals surface area contributed by atoms with E-state index in [0.717, 1.165) is 0 Å². The van der Waals surface area contributed by atoms with Gasteiger partial charge in [-0.05, 0) is 13.8 Å². The number of nitrogens with two attached hydrogens (primary N) is 1. The number of nitrogens with zero attached hydrogens (tertiary/aromatic N) is 2. The van der Waals surface area contributed by atoms with Gasteiger partial charge in [-0.2, -0.15) is 5.10 Å². The van der Waals surface area contributed by atoms with Crippen molar-refractivity contribution in [2.45, 2.75) is 30.5 Å². The molecule has 3 N–H and O–H groups in total. The Bertz CT molecular complexity index is 426. The predicted molar refractivity (Wildman–Crippen MR) is 57.9 cm³/mol. The van der Waals surface area contributed by atoms with E-state index in [-0.39, 0.29) is 24.3 Å². The lowest BCUT2D eigenvalue weighted by Crippen LogP contribution is -2.48. The lowest BCUT2D eigenvalue weighted by atomic mass is 9.97. The van der Waals surface area contributed by atoms with Gasteiger partial charge in [0.25, 0.3) is 0 Å². The molecular formula is C9H15N3O3S. The van der Waals surface area contributed by atoms with Crippen molar-refractivity contribution in [3.63, 3.8) is 0 Å². The van der Waals surface area contributed by atoms with E-state index >= 15 is 0 Å². The molecule has 1 aromatic heterocycles. The third-order valence-electron chi connectivity index (χ3n) is 2.57. The molecule has 1 unspecified atom stereocenters. The number of aromatic nitrogens is 2. The summed E-state index contributed by atoms with van der Waals surface area (Å²) >= 11 is 0. The first kappa shape index (κ1) is 11.7. The van der Waals surface area contributed by atoms with Gasteiger partial charge in [0.15, 0.2) is 10.6 Å². The largest absolute Gasteiger partial charge is 0.379 e. The average Bonchev–Trinajstić information content (AvgIpc) is 2.58. The molecule has 7 heteroatoms. The van der Waals surface area contributed by atoms with Gasteiger partial charge in [0.05, 0.1) is 18.9 Å². The highest BCUT2D eigenvalue weighted by molar-refractivity contribution is 7.82. The molecule has 1 atom stereocenters. The van der Waals surface area contributed by atoms with Crippen molar-refractivity contribution in [3.8, 4) is 0 Å². The Kier molecular flexibility index (Phi) is 2.87. The van der Waals surface area contributed by atoms with Crippen LogP contribution < -0.4 is 5.14 Å². The Morgan fingerprint density at radius 3 is 2.69 bits per heavy atom. The fourth-order valence-corrected chi connectivity index (χ4v) is 2.05. The molecule has 1 aliphatic heterocycles. The van der Waals surface area contributed by atoms with Gasteiger partial charge in [0.1, 0.15) is 11.0 Å². The minimum absolute atomic E-state index is 0.0666. The standard InChI is InChI=1S/C9H15N3O3S/c1-6(2)12-7(9(13)4-15-5-9)3-8(11-12)16(10)14/h3,6,13H,4-5,10H2,1-2H3. The highest BCUT2D eigenvalue weighted by Gasteiger charge is 2.42. The molecule has 90 valence electrons. The molecule has 0 aromatic carbocycles. The first-order valence-electron chi connectivity index (χ1n) is 5.00. The summed E-state index contributed by atoms with van der Waals surface area (Å²) in [6.07, 6.45) is 0. The van der Waals surface area contributed by atoms with Crippen molar-refractivity contribution in [2.75, 3.05) is 13.2 Å². The Hall–Kier alpha value is -0.760. The van der Waals surface area contributed by atoms with Gasteiger partial charge in [0.2, 0.25) is 0 Å². The molecule has 2 heterocycles. The monoisotopic (exact) mass is 245 g/mol. The van der Waals surface area contributed by atoms with Gasteiger partial charge in [0, 0.05) is 12.1 Å². The van der Waals surface area contributed by atoms with Crippen LogP contribution in [0.15, 0.2) is 11.1 Å². The van der Waals surface area contributed by atoms with E-state index in [4.69, 9.17) is 9.88 Å². The van der Waals surface area contributed by atoms with E-state index in [0.29, 0.717) is 5.69 Å². The molecule has 16 heavy (non-hydrogen) atoms. The van der Waals surface area contributed by atoms with Crippen LogP contribution in [0.1, 0.15) is 25.6 Å². The second-order valence-corrected chi connectivity index (χ2v) is 5.24. The number of hydrogen-bond donors (Lipinski definition) is 2. The predicted octanol–water partition coefficient (Wildman–Crippen LogP) is -0.337. The summed E-state index contributed by atoms with van der Waals surface area (Å²) < 4.78 is 17.8. The van der Waals surface area contributed by atoms with Crippen LogP contribution in [0.2, 0.25) is 0 Å². The van der Waals surface area contributed by atoms with Gasteiger partial charge >= 0.3 is 0 Å². The maximum Gasteiger partial charge on any atom is 0.164 e. The normalized spacial score (nSPS) is 20.8. The van der Waals surface area contributed by atoms with Crippen molar-refractivity contribution in [2.24, 2.45) is 5.14 Å². The Balaban J connectivity index is 2.46. The zero-order chi connectivity index (χ0) is 11.9. The number of hydrogen-bond acceptors (Lipinski definition) is 4. The summed E-state index contributed by atoms with van der Waals surface area (Å²) in [5.41, 5.74) is -0.405. The molecule has 0 amide bonds. The first-order valence-corrected chi connectivity index (χ1v) is 6.22. The second-order valence-electron chi connectivity index (χ2n) is 4.23. The van der Waals surface area contributed by atoms with E-state index < -0.39 is 16.6 Å². The molecular weight excluding hydrogens is 230 g/mol. The molecule has 0 spiro atoms. The van der Waals surface area contributed by atoms with E-state index in [2.05, 4.69) is 5.10 Å². The summed E-state index contributed by atoms with van der Waals surface area (Å²) in [7, 11) is -1.63. The lowest BCUT2D eigenvalue weighted by molar-refractivity contribution is -0.189. The molecule has 1 aromatic rings. The van der Waals surface area contributed by atoms with Crippen LogP contribution in [0.25, 0.3) is 0 Å². The summed E-state index contributed by atoms with van der Waals surface area (Å²) in [4.78, 5) is 0. The zero-order valence-electron chi connectivity index (χ0n) is 9.21. The van der Waals surface area contributed by atoms with Gasteiger partial charge in [-0.1, -0.05) is 0 Å². The van der Waals surface area contributed by atoms with Crippen LogP contribution in [0.3, 0.4) is 0 Å². The Morgan fingerprint density at radius 2 is 2.31 bits per heavy atom. The summed E-state index contributed by atoms with van der Waals surface area (Å²) in [5, 5.41) is 19.9. The maximum atomic E-state index is 11.2. The quantitative estimate of drug-likeness (QED) is 0.762. The molecule has 0 aliphatic carbocycles. The number of aliphatic hydroxyl groups is 1. The Labute approximate surface area is 96.0 Å². The number of ether oxygens (including phenoxy) is 1. The van der Waals surface area contributed by atoms with Crippen LogP contribution >= 0.6 is 0 Å². The summed E-state index contributed by atoms with van der Waals surface area (Å²) in [6.45, 7) is 4.34. The van der Waals surface area contributed by atoms with Gasteiger partial charge < -0.3 is 9.84 Å². The minimum atomic E-state index is -1.63. The average molecular weight is 245 g/mol. The second kappa shape index (κ2) is 3.92. The van der Waals surface area contributed by atoms with E-state index in [1.54, 1.807) is 10.7 Å². The number of rotatable bonds is 3. The van der Waals surface area contributed by atoms with Gasteiger partial charge in [-0.3, -0.25) is 4.68 Å². The minimum Gasteiger partial charge on any atom is -0.379 e. The lowest BCUT2D eigenvalue weighted by Gasteiger charge is -2.36. The van der Waals surface area contributed by atoms with Crippen molar-refractivity contribution in [1.29, 1.82) is 0 Å². The third-order valence-corrected chi connectivity index (χ3v) is 3.18. The van der Waals surface area contributed by atoms with Crippen molar-refractivity contribution in [3.05, 3.63) is 11.8 Å². The first-order chi connectivity index (χ1) is 7.44. The van der Waals surface area contributed by atoms with E-state index in [1.165, 1.54) is 0 Å². The highest BCUT2D eigenvalue weighted by Crippen LogP contribution is 2.31. The molecule has 1 saturated heterocycles. The zero-order valence-corrected chi connectivity index (χ0v) is 10.0. The molecule has 0 saturated carbocycles. The Morgan fingerprint density at radius 1 is 1.69 bits per heavy atom. The van der Waals surface area contributed by atoms with Crippen LogP contribution in [0.4, 0.5) is 0 Å². The molecule has 1 fully saturated rings. The van der Waals surface area contributed by atoms with Crippen LogP contribution in [-0.2, 0) is 21.3 Å². The van der Waals surface area contributed by atoms with Crippen molar-refractivity contribution >= 4 is 11.0 Å². The van der Waals surface area contributed by atoms with E-state index in [9.17, 15) is 9.32 Å². The smallest absolute Gasteiger partial charge is 0.164 e. The van der Waals surface area contributed by atoms with Crippen LogP contribution in [0, 0.1) is 0 Å². The van der Waals surface area contributed by atoms with E-state index in [1.807, 2.05) is 13.8 Å². The highest BCUT2D eigenvalue weighted by atomic mass is 32.2. The molecule has 0 radical (unpaired) electrons. The summed E-state index contributed by atoms with van der Waals surface area (Å²) in [5.74, 6) is 0. The molecule has 6 nitrogen and oxygen atoms in total. The molecule has 1 aliphatic rings. The summed E-state index contributed by atoms with van der Waals surface area (Å²) in [6, 6.07) is 1.65. The van der Waals surface area contributed by atoms with Crippen molar-refractivity contribution in [1.82, 2.24) is 9.78 Å². The fraction of sp³-hybridized carbons (Fsp3) is 0.667. The fourth-order valence-electron chi connectivity index (χ4n) is 1.65. The molecule has 2 rings (SSSR count). The van der Waals surface area contributed by atoms with Gasteiger partial charge in [-0.25, -0.2) is 9.35 Å². The van der Waals surface area contributed by atoms with Crippen LogP contribution in [0.5, 0.6) is 0 Å². The van der Waals surface area contributed by atoms with Crippen LogP contribution in [-0.4, -0.2) is 32.3 Å². The SMILES string of the molecule is CC(C)n1nc(S(N)=O)cc1C1(O)COC1. The molecule has 0 bridgehead atoms. The third kappa shape index (κ3) is 1.80. The maximum absolute atomic E-state index is 11.2.